The van der Waals surface area contributed by atoms with Crippen molar-refractivity contribution in [2.24, 2.45) is 0 Å². The number of nitrogens with zero attached hydrogens (tertiary/aromatic N) is 2. The van der Waals surface area contributed by atoms with E-state index in [2.05, 4.69) is 143 Å². The molecule has 0 amide bonds. The van der Waals surface area contributed by atoms with Gasteiger partial charge in [-0.05, 0) is 42.5 Å². The summed E-state index contributed by atoms with van der Waals surface area (Å²) in [4.78, 5) is 0. The zero-order chi connectivity index (χ0) is 25.5. The van der Waals surface area contributed by atoms with Gasteiger partial charge in [-0.1, -0.05) is 91.0 Å². The van der Waals surface area contributed by atoms with Gasteiger partial charge in [0.1, 0.15) is 0 Å². The molecule has 0 atom stereocenters. The summed E-state index contributed by atoms with van der Waals surface area (Å²) in [6.45, 7) is 0. The highest BCUT2D eigenvalue weighted by atomic mass is 32.1. The molecule has 182 valence electrons. The molecule has 0 unspecified atom stereocenters. The monoisotopic (exact) mass is 514 g/mol. The number of fused-ring (bicyclic) bond motifs is 9. The molecule has 0 N–H and O–H groups in total. The van der Waals surface area contributed by atoms with Crippen LogP contribution >= 0.6 is 11.3 Å². The second-order valence-electron chi connectivity index (χ2n) is 10.2. The lowest BCUT2D eigenvalue weighted by Gasteiger charge is -2.15. The van der Waals surface area contributed by atoms with Gasteiger partial charge in [-0.2, -0.15) is 0 Å². The second kappa shape index (κ2) is 7.83. The summed E-state index contributed by atoms with van der Waals surface area (Å²) >= 11 is 1.88. The maximum Gasteiger partial charge on any atom is 0.0576 e. The summed E-state index contributed by atoms with van der Waals surface area (Å²) in [6, 6.07) is 48.7. The van der Waals surface area contributed by atoms with E-state index >= 15 is 0 Å². The molecule has 0 radical (unpaired) electrons. The first-order valence-electron chi connectivity index (χ1n) is 13.3. The van der Waals surface area contributed by atoms with Gasteiger partial charge in [0.25, 0.3) is 0 Å². The van der Waals surface area contributed by atoms with E-state index < -0.39 is 0 Å². The third kappa shape index (κ3) is 2.85. The van der Waals surface area contributed by atoms with Crippen LogP contribution in [0.15, 0.2) is 133 Å². The Kier molecular flexibility index (Phi) is 4.24. The first-order chi connectivity index (χ1) is 19.4. The Hall–Kier alpha value is -4.86. The predicted molar refractivity (Wildman–Crippen MR) is 168 cm³/mol. The molecule has 9 aromatic rings. The number of hydrogen-bond donors (Lipinski definition) is 0. The Morgan fingerprint density at radius 1 is 0.385 bits per heavy atom. The van der Waals surface area contributed by atoms with Crippen molar-refractivity contribution >= 4 is 75.1 Å². The highest BCUT2D eigenvalue weighted by Crippen LogP contribution is 2.43. The molecule has 3 heteroatoms. The van der Waals surface area contributed by atoms with E-state index in [9.17, 15) is 0 Å². The molecule has 39 heavy (non-hydrogen) atoms. The molecule has 0 aliphatic carbocycles. The number of benzene rings is 6. The van der Waals surface area contributed by atoms with Gasteiger partial charge in [0.05, 0.1) is 27.8 Å². The average molecular weight is 515 g/mol. The van der Waals surface area contributed by atoms with Crippen LogP contribution in [-0.2, 0) is 0 Å². The molecule has 0 saturated heterocycles. The topological polar surface area (TPSA) is 9.86 Å². The smallest absolute Gasteiger partial charge is 0.0576 e. The molecule has 0 aliphatic rings. The fraction of sp³-hybridized carbons (Fsp3) is 0. The van der Waals surface area contributed by atoms with Crippen LogP contribution in [-0.4, -0.2) is 9.13 Å². The van der Waals surface area contributed by atoms with Gasteiger partial charge in [0.15, 0.2) is 0 Å². The first-order valence-corrected chi connectivity index (χ1v) is 14.1. The maximum atomic E-state index is 2.48. The van der Waals surface area contributed by atoms with Crippen molar-refractivity contribution < 1.29 is 0 Å². The number of hydrogen-bond acceptors (Lipinski definition) is 1. The summed E-state index contributed by atoms with van der Waals surface area (Å²) < 4.78 is 7.52. The normalized spacial score (nSPS) is 12.1. The van der Waals surface area contributed by atoms with Crippen molar-refractivity contribution in [1.82, 2.24) is 9.13 Å². The highest BCUT2D eigenvalue weighted by Gasteiger charge is 2.20. The van der Waals surface area contributed by atoms with Crippen LogP contribution in [0.5, 0.6) is 0 Å². The van der Waals surface area contributed by atoms with Crippen molar-refractivity contribution in [2.45, 2.75) is 0 Å². The van der Waals surface area contributed by atoms with Gasteiger partial charge in [-0.3, -0.25) is 0 Å². The molecule has 0 fully saturated rings. The van der Waals surface area contributed by atoms with Crippen molar-refractivity contribution in [3.63, 3.8) is 0 Å². The second-order valence-corrected chi connectivity index (χ2v) is 11.3. The van der Waals surface area contributed by atoms with Crippen LogP contribution in [0.2, 0.25) is 0 Å². The minimum Gasteiger partial charge on any atom is -0.309 e. The summed E-state index contributed by atoms with van der Waals surface area (Å²) in [5.41, 5.74) is 7.33. The van der Waals surface area contributed by atoms with Crippen LogP contribution in [0.3, 0.4) is 0 Å². The standard InChI is InChI=1S/C36H22N2S/c1-6-16-29-24(11-1)25-12-2-7-17-30(25)37(29)23-21-33(36-28-15-5-10-20-34(28)39-35(36)22-23)38-31-18-8-3-13-26(31)27-14-4-9-19-32(27)38/h1-22H. The minimum absolute atomic E-state index is 1.18. The predicted octanol–water partition coefficient (Wildman–Crippen LogP) is 10.2. The van der Waals surface area contributed by atoms with E-state index in [1.54, 1.807) is 0 Å². The summed E-state index contributed by atoms with van der Waals surface area (Å²) in [6.07, 6.45) is 0. The molecule has 0 bridgehead atoms. The molecular formula is C36H22N2S. The van der Waals surface area contributed by atoms with Crippen LogP contribution in [0.25, 0.3) is 75.2 Å². The molecule has 6 aromatic carbocycles. The van der Waals surface area contributed by atoms with Crippen molar-refractivity contribution in [3.05, 3.63) is 133 Å². The first kappa shape index (κ1) is 21.1. The van der Waals surface area contributed by atoms with E-state index in [1.165, 1.54) is 75.2 Å². The van der Waals surface area contributed by atoms with Gasteiger partial charge in [-0.25, -0.2) is 0 Å². The molecule has 2 nitrogen and oxygen atoms in total. The molecule has 9 rings (SSSR count). The van der Waals surface area contributed by atoms with E-state index in [-0.39, 0.29) is 0 Å². The van der Waals surface area contributed by atoms with Gasteiger partial charge in [0.2, 0.25) is 0 Å². The fourth-order valence-corrected chi connectivity index (χ4v) is 7.67. The van der Waals surface area contributed by atoms with Crippen molar-refractivity contribution in [3.8, 4) is 11.4 Å². The van der Waals surface area contributed by atoms with Gasteiger partial charge in [-0.15, -0.1) is 11.3 Å². The minimum atomic E-state index is 1.18. The van der Waals surface area contributed by atoms with Gasteiger partial charge in [0, 0.05) is 47.4 Å². The molecular weight excluding hydrogens is 492 g/mol. The highest BCUT2D eigenvalue weighted by molar-refractivity contribution is 7.26. The summed E-state index contributed by atoms with van der Waals surface area (Å²) in [7, 11) is 0. The summed E-state index contributed by atoms with van der Waals surface area (Å²) in [5, 5.41) is 7.74. The lowest BCUT2D eigenvalue weighted by molar-refractivity contribution is 1.15. The lowest BCUT2D eigenvalue weighted by Crippen LogP contribution is -1.99. The number of rotatable bonds is 2. The Labute approximate surface area is 228 Å². The zero-order valence-corrected chi connectivity index (χ0v) is 21.8. The zero-order valence-electron chi connectivity index (χ0n) is 21.0. The Morgan fingerprint density at radius 3 is 1.36 bits per heavy atom. The van der Waals surface area contributed by atoms with Crippen LogP contribution in [0, 0.1) is 0 Å². The van der Waals surface area contributed by atoms with Gasteiger partial charge < -0.3 is 9.13 Å². The largest absolute Gasteiger partial charge is 0.309 e. The number of para-hydroxylation sites is 4. The quantitative estimate of drug-likeness (QED) is 0.217. The third-order valence-corrected chi connectivity index (χ3v) is 9.22. The van der Waals surface area contributed by atoms with Gasteiger partial charge >= 0.3 is 0 Å². The van der Waals surface area contributed by atoms with Crippen LogP contribution in [0.4, 0.5) is 0 Å². The average Bonchev–Trinajstić information content (AvgIpc) is 3.64. The molecule has 3 heterocycles. The van der Waals surface area contributed by atoms with E-state index in [4.69, 9.17) is 0 Å². The maximum absolute atomic E-state index is 2.48. The van der Waals surface area contributed by atoms with E-state index in [0.717, 1.165) is 0 Å². The SMILES string of the molecule is c1ccc2c(c1)sc1cc(-n3c4ccccc4c4ccccc43)cc(-n3c4ccccc4c4ccccc43)c12. The van der Waals surface area contributed by atoms with Crippen molar-refractivity contribution in [2.75, 3.05) is 0 Å². The Bertz CT molecular complexity index is 2290. The van der Waals surface area contributed by atoms with Crippen LogP contribution in [0.1, 0.15) is 0 Å². The number of aromatic nitrogens is 2. The summed E-state index contributed by atoms with van der Waals surface area (Å²) in [5.74, 6) is 0. The van der Waals surface area contributed by atoms with Crippen LogP contribution < -0.4 is 0 Å². The lowest BCUT2D eigenvalue weighted by atomic mass is 10.1. The molecule has 0 spiro atoms. The van der Waals surface area contributed by atoms with Crippen molar-refractivity contribution in [1.29, 1.82) is 0 Å². The van der Waals surface area contributed by atoms with E-state index in [0.29, 0.717) is 0 Å². The Balaban J connectivity index is 1.50. The Morgan fingerprint density at radius 2 is 0.821 bits per heavy atom. The molecule has 0 saturated carbocycles. The van der Waals surface area contributed by atoms with E-state index in [1.807, 2.05) is 11.3 Å². The number of thiophene rings is 1. The molecule has 3 aromatic heterocycles. The fourth-order valence-electron chi connectivity index (χ4n) is 6.51. The third-order valence-electron chi connectivity index (χ3n) is 8.10. The molecule has 0 aliphatic heterocycles.